The van der Waals surface area contributed by atoms with Gasteiger partial charge in [0, 0.05) is 19.7 Å². The molecule has 2 atom stereocenters. The van der Waals surface area contributed by atoms with Crippen molar-refractivity contribution in [1.82, 2.24) is 4.90 Å². The molecule has 0 radical (unpaired) electrons. The number of para-hydroxylation sites is 2. The standard InChI is InChI=1S/C20H27NO6/c1-2-25-16-5-3-4-6-17(16)27-13-18(22)21-10-7-14(8-11-21)19-15(20(23)24)9-12-26-19/h3-6,14-15,19H,2,7-13H2,1H3,(H,23,24)/t15?,19-/m0/s1. The predicted octanol–water partition coefficient (Wildman–Crippen LogP) is 2.19. The van der Waals surface area contributed by atoms with Crippen molar-refractivity contribution in [2.75, 3.05) is 32.9 Å². The van der Waals surface area contributed by atoms with E-state index < -0.39 is 11.9 Å². The molecule has 2 fully saturated rings. The first-order valence-corrected chi connectivity index (χ1v) is 9.57. The number of likely N-dealkylation sites (tertiary alicyclic amines) is 1. The Morgan fingerprint density at radius 3 is 2.44 bits per heavy atom. The van der Waals surface area contributed by atoms with E-state index in [1.54, 1.807) is 11.0 Å². The maximum Gasteiger partial charge on any atom is 0.309 e. The fraction of sp³-hybridized carbons (Fsp3) is 0.600. The summed E-state index contributed by atoms with van der Waals surface area (Å²) in [6, 6.07) is 7.30. The van der Waals surface area contributed by atoms with E-state index in [9.17, 15) is 14.7 Å². The van der Waals surface area contributed by atoms with Crippen molar-refractivity contribution in [2.45, 2.75) is 32.3 Å². The normalized spacial score (nSPS) is 23.2. The number of hydrogen-bond acceptors (Lipinski definition) is 5. The lowest BCUT2D eigenvalue weighted by Gasteiger charge is -2.35. The van der Waals surface area contributed by atoms with E-state index in [1.807, 2.05) is 25.1 Å². The van der Waals surface area contributed by atoms with Gasteiger partial charge in [-0.25, -0.2) is 0 Å². The number of carbonyl (C=O) groups excluding carboxylic acids is 1. The molecule has 2 saturated heterocycles. The van der Waals surface area contributed by atoms with Gasteiger partial charge < -0.3 is 24.2 Å². The Labute approximate surface area is 159 Å². The van der Waals surface area contributed by atoms with Crippen LogP contribution in [0.1, 0.15) is 26.2 Å². The molecule has 7 heteroatoms. The number of ether oxygens (including phenoxy) is 3. The molecule has 2 aliphatic rings. The molecule has 148 valence electrons. The zero-order valence-electron chi connectivity index (χ0n) is 15.6. The Bertz CT molecular complexity index is 656. The summed E-state index contributed by atoms with van der Waals surface area (Å²) < 4.78 is 16.8. The minimum absolute atomic E-state index is 0.0353. The quantitative estimate of drug-likeness (QED) is 0.784. The van der Waals surface area contributed by atoms with Gasteiger partial charge in [0.2, 0.25) is 0 Å². The molecule has 2 heterocycles. The van der Waals surface area contributed by atoms with Crippen molar-refractivity contribution in [3.8, 4) is 11.5 Å². The molecule has 2 aliphatic heterocycles. The minimum Gasteiger partial charge on any atom is -0.490 e. The van der Waals surface area contributed by atoms with Crippen molar-refractivity contribution in [1.29, 1.82) is 0 Å². The predicted molar refractivity (Wildman–Crippen MR) is 97.9 cm³/mol. The highest BCUT2D eigenvalue weighted by Crippen LogP contribution is 2.33. The van der Waals surface area contributed by atoms with Crippen molar-refractivity contribution in [3.05, 3.63) is 24.3 Å². The van der Waals surface area contributed by atoms with E-state index in [2.05, 4.69) is 0 Å². The Morgan fingerprint density at radius 1 is 1.15 bits per heavy atom. The third kappa shape index (κ3) is 4.71. The third-order valence-electron chi connectivity index (χ3n) is 5.31. The molecule has 0 saturated carbocycles. The summed E-state index contributed by atoms with van der Waals surface area (Å²) in [4.78, 5) is 25.6. The lowest BCUT2D eigenvalue weighted by molar-refractivity contribution is -0.146. The molecular formula is C20H27NO6. The third-order valence-corrected chi connectivity index (χ3v) is 5.31. The van der Waals surface area contributed by atoms with Gasteiger partial charge in [0.1, 0.15) is 0 Å². The highest BCUT2D eigenvalue weighted by molar-refractivity contribution is 5.78. The van der Waals surface area contributed by atoms with Crippen molar-refractivity contribution in [3.63, 3.8) is 0 Å². The average Bonchev–Trinajstić information content (AvgIpc) is 3.18. The number of piperidine rings is 1. The molecule has 0 aliphatic carbocycles. The molecular weight excluding hydrogens is 350 g/mol. The van der Waals surface area contributed by atoms with Crippen LogP contribution in [0, 0.1) is 11.8 Å². The van der Waals surface area contributed by atoms with Crippen molar-refractivity contribution < 1.29 is 28.9 Å². The van der Waals surface area contributed by atoms with E-state index in [0.29, 0.717) is 44.2 Å². The summed E-state index contributed by atoms with van der Waals surface area (Å²) in [6.45, 7) is 4.11. The molecule has 27 heavy (non-hydrogen) atoms. The first kappa shape index (κ1) is 19.5. The molecule has 7 nitrogen and oxygen atoms in total. The van der Waals surface area contributed by atoms with E-state index in [4.69, 9.17) is 14.2 Å². The molecule has 1 amide bonds. The first-order chi connectivity index (χ1) is 13.1. The molecule has 1 aromatic carbocycles. The van der Waals surface area contributed by atoms with Crippen LogP contribution in [0.4, 0.5) is 0 Å². The van der Waals surface area contributed by atoms with Crippen LogP contribution in [-0.2, 0) is 14.3 Å². The SMILES string of the molecule is CCOc1ccccc1OCC(=O)N1CCC([C@@H]2OCCC2C(=O)O)CC1. The summed E-state index contributed by atoms with van der Waals surface area (Å²) in [6.07, 6.45) is 1.87. The Morgan fingerprint density at radius 2 is 1.81 bits per heavy atom. The number of benzene rings is 1. The fourth-order valence-corrected chi connectivity index (χ4v) is 3.89. The van der Waals surface area contributed by atoms with Gasteiger partial charge >= 0.3 is 5.97 Å². The van der Waals surface area contributed by atoms with Crippen LogP contribution in [0.25, 0.3) is 0 Å². The second kappa shape index (κ2) is 9.08. The second-order valence-corrected chi connectivity index (χ2v) is 6.96. The van der Waals surface area contributed by atoms with Gasteiger partial charge in [-0.15, -0.1) is 0 Å². The smallest absolute Gasteiger partial charge is 0.309 e. The van der Waals surface area contributed by atoms with Crippen LogP contribution in [0.15, 0.2) is 24.3 Å². The highest BCUT2D eigenvalue weighted by Gasteiger charge is 2.40. The summed E-state index contributed by atoms with van der Waals surface area (Å²) >= 11 is 0. The summed E-state index contributed by atoms with van der Waals surface area (Å²) in [5, 5.41) is 9.32. The van der Waals surface area contributed by atoms with E-state index in [1.165, 1.54) is 0 Å². The van der Waals surface area contributed by atoms with Crippen LogP contribution in [-0.4, -0.2) is 60.9 Å². The van der Waals surface area contributed by atoms with Crippen LogP contribution < -0.4 is 9.47 Å². The molecule has 1 aromatic rings. The lowest BCUT2D eigenvalue weighted by Crippen LogP contribution is -2.44. The molecule has 0 aromatic heterocycles. The zero-order chi connectivity index (χ0) is 19.2. The molecule has 0 bridgehead atoms. The summed E-state index contributed by atoms with van der Waals surface area (Å²) in [5.41, 5.74) is 0. The van der Waals surface area contributed by atoms with Crippen molar-refractivity contribution >= 4 is 11.9 Å². The van der Waals surface area contributed by atoms with E-state index in [-0.39, 0.29) is 24.5 Å². The van der Waals surface area contributed by atoms with Crippen molar-refractivity contribution in [2.24, 2.45) is 11.8 Å². The molecule has 1 unspecified atom stereocenters. The first-order valence-electron chi connectivity index (χ1n) is 9.57. The minimum atomic E-state index is -0.780. The van der Waals surface area contributed by atoms with Crippen LogP contribution in [0.3, 0.4) is 0 Å². The summed E-state index contributed by atoms with van der Waals surface area (Å²) in [5.74, 6) is 0.114. The van der Waals surface area contributed by atoms with E-state index >= 15 is 0 Å². The largest absolute Gasteiger partial charge is 0.490 e. The van der Waals surface area contributed by atoms with Gasteiger partial charge in [0.05, 0.1) is 18.6 Å². The fourth-order valence-electron chi connectivity index (χ4n) is 3.89. The monoisotopic (exact) mass is 377 g/mol. The Balaban J connectivity index is 1.48. The van der Waals surface area contributed by atoms with Gasteiger partial charge in [-0.2, -0.15) is 0 Å². The Hall–Kier alpha value is -2.28. The summed E-state index contributed by atoms with van der Waals surface area (Å²) in [7, 11) is 0. The van der Waals surface area contributed by atoms with Gasteiger partial charge in [-0.3, -0.25) is 9.59 Å². The molecule has 1 N–H and O–H groups in total. The second-order valence-electron chi connectivity index (χ2n) is 6.96. The van der Waals surface area contributed by atoms with Crippen LogP contribution in [0.2, 0.25) is 0 Å². The number of hydrogen-bond donors (Lipinski definition) is 1. The number of carboxylic acids is 1. The van der Waals surface area contributed by atoms with Gasteiger partial charge in [-0.1, -0.05) is 12.1 Å². The topological polar surface area (TPSA) is 85.3 Å². The lowest BCUT2D eigenvalue weighted by atomic mass is 9.84. The van der Waals surface area contributed by atoms with Gasteiger partial charge in [-0.05, 0) is 44.2 Å². The Kier molecular flexibility index (Phi) is 6.55. The maximum atomic E-state index is 12.5. The number of carboxylic acid groups (broad SMARTS) is 1. The zero-order valence-corrected chi connectivity index (χ0v) is 15.6. The molecule has 3 rings (SSSR count). The number of amides is 1. The van der Waals surface area contributed by atoms with Crippen LogP contribution in [0.5, 0.6) is 11.5 Å². The maximum absolute atomic E-state index is 12.5. The average molecular weight is 377 g/mol. The van der Waals surface area contributed by atoms with Crippen LogP contribution >= 0.6 is 0 Å². The molecule has 0 spiro atoms. The highest BCUT2D eigenvalue weighted by atomic mass is 16.5. The van der Waals surface area contributed by atoms with Gasteiger partial charge in [0.25, 0.3) is 5.91 Å². The number of carbonyl (C=O) groups is 2. The van der Waals surface area contributed by atoms with Gasteiger partial charge in [0.15, 0.2) is 18.1 Å². The number of nitrogens with zero attached hydrogens (tertiary/aromatic N) is 1. The van der Waals surface area contributed by atoms with E-state index in [0.717, 1.165) is 12.8 Å². The number of aliphatic carboxylic acids is 1. The number of rotatable bonds is 7.